The molecular formula is C13H18Cl2N2O3S. The summed E-state index contributed by atoms with van der Waals surface area (Å²) in [5, 5.41) is 0.323. The number of nitrogens with two attached hydrogens (primary N) is 1. The first-order valence-corrected chi connectivity index (χ1v) is 8.65. The molecule has 0 amide bonds. The predicted octanol–water partition coefficient (Wildman–Crippen LogP) is 2.76. The highest BCUT2D eigenvalue weighted by Gasteiger charge is 2.39. The van der Waals surface area contributed by atoms with Crippen molar-refractivity contribution in [3.63, 3.8) is 0 Å². The third kappa shape index (κ3) is 3.46. The van der Waals surface area contributed by atoms with Crippen LogP contribution in [0, 0.1) is 0 Å². The van der Waals surface area contributed by atoms with Crippen molar-refractivity contribution in [3.05, 3.63) is 22.2 Å². The fourth-order valence-electron chi connectivity index (χ4n) is 2.56. The van der Waals surface area contributed by atoms with Gasteiger partial charge in [0.1, 0.15) is 4.90 Å². The Morgan fingerprint density at radius 2 is 2.00 bits per heavy atom. The molecule has 0 saturated carbocycles. The molecule has 21 heavy (non-hydrogen) atoms. The van der Waals surface area contributed by atoms with Crippen molar-refractivity contribution in [2.24, 2.45) is 0 Å². The molecule has 0 aromatic heterocycles. The molecule has 1 aliphatic heterocycles. The van der Waals surface area contributed by atoms with E-state index in [1.807, 2.05) is 20.8 Å². The lowest BCUT2D eigenvalue weighted by molar-refractivity contribution is -0.109. The van der Waals surface area contributed by atoms with Gasteiger partial charge in [0.25, 0.3) is 0 Å². The second-order valence-corrected chi connectivity index (χ2v) is 8.51. The molecule has 1 aromatic rings. The molecule has 1 unspecified atom stereocenters. The van der Waals surface area contributed by atoms with Gasteiger partial charge >= 0.3 is 0 Å². The Morgan fingerprint density at radius 1 is 1.38 bits per heavy atom. The molecule has 1 heterocycles. The summed E-state index contributed by atoms with van der Waals surface area (Å²) >= 11 is 11.9. The van der Waals surface area contributed by atoms with Crippen molar-refractivity contribution in [2.45, 2.75) is 37.4 Å². The van der Waals surface area contributed by atoms with Crippen LogP contribution in [0.4, 0.5) is 5.69 Å². The van der Waals surface area contributed by atoms with Gasteiger partial charge in [-0.15, -0.1) is 0 Å². The average molecular weight is 353 g/mol. The standard InChI is InChI=1S/C13H18Cl2N2O3S/c1-8-6-17(7-13(2,3)20-8)21(18,19)12-10(15)4-9(14)5-11(12)16/h4-5,8H,6-7,16H2,1-3H3. The van der Waals surface area contributed by atoms with Crippen molar-refractivity contribution >= 4 is 38.9 Å². The van der Waals surface area contributed by atoms with E-state index in [9.17, 15) is 8.42 Å². The van der Waals surface area contributed by atoms with Gasteiger partial charge in [-0.25, -0.2) is 8.42 Å². The van der Waals surface area contributed by atoms with E-state index < -0.39 is 15.6 Å². The molecule has 1 aliphatic rings. The Labute approximate surface area is 135 Å². The van der Waals surface area contributed by atoms with Crippen LogP contribution in [-0.4, -0.2) is 37.5 Å². The predicted molar refractivity (Wildman–Crippen MR) is 84.3 cm³/mol. The quantitative estimate of drug-likeness (QED) is 0.830. The van der Waals surface area contributed by atoms with Crippen LogP contribution in [0.1, 0.15) is 20.8 Å². The van der Waals surface area contributed by atoms with E-state index in [1.54, 1.807) is 0 Å². The van der Waals surface area contributed by atoms with E-state index in [1.165, 1.54) is 16.4 Å². The van der Waals surface area contributed by atoms with Crippen molar-refractivity contribution in [1.82, 2.24) is 4.31 Å². The van der Waals surface area contributed by atoms with Gasteiger partial charge < -0.3 is 10.5 Å². The first-order chi connectivity index (χ1) is 9.53. The summed E-state index contributed by atoms with van der Waals surface area (Å²) in [5.41, 5.74) is 5.29. The van der Waals surface area contributed by atoms with Crippen molar-refractivity contribution in [2.75, 3.05) is 18.8 Å². The van der Waals surface area contributed by atoms with Gasteiger partial charge in [0.15, 0.2) is 0 Å². The number of ether oxygens (including phenoxy) is 1. The largest absolute Gasteiger partial charge is 0.398 e. The molecule has 0 aliphatic carbocycles. The van der Waals surface area contributed by atoms with E-state index >= 15 is 0 Å². The molecule has 5 nitrogen and oxygen atoms in total. The summed E-state index contributed by atoms with van der Waals surface area (Å²) in [6.45, 7) is 6.01. The molecule has 0 spiro atoms. The number of sulfonamides is 1. The van der Waals surface area contributed by atoms with Gasteiger partial charge in [-0.1, -0.05) is 23.2 Å². The molecule has 118 valence electrons. The molecule has 8 heteroatoms. The van der Waals surface area contributed by atoms with Gasteiger partial charge in [-0.05, 0) is 32.9 Å². The highest BCUT2D eigenvalue weighted by Crippen LogP contribution is 2.35. The van der Waals surface area contributed by atoms with E-state index in [2.05, 4.69) is 0 Å². The first kappa shape index (κ1) is 16.8. The van der Waals surface area contributed by atoms with E-state index in [-0.39, 0.29) is 34.8 Å². The molecule has 1 saturated heterocycles. The van der Waals surface area contributed by atoms with Crippen molar-refractivity contribution in [1.29, 1.82) is 0 Å². The molecule has 2 rings (SSSR count). The van der Waals surface area contributed by atoms with Gasteiger partial charge in [-0.2, -0.15) is 4.31 Å². The fourth-order valence-corrected chi connectivity index (χ4v) is 5.17. The number of anilines is 1. The molecular weight excluding hydrogens is 335 g/mol. The normalized spacial score (nSPS) is 23.2. The van der Waals surface area contributed by atoms with Crippen LogP contribution in [0.2, 0.25) is 10.0 Å². The monoisotopic (exact) mass is 352 g/mol. The van der Waals surface area contributed by atoms with Crippen LogP contribution < -0.4 is 5.73 Å². The third-order valence-corrected chi connectivity index (χ3v) is 5.73. The summed E-state index contributed by atoms with van der Waals surface area (Å²) in [5.74, 6) is 0. The van der Waals surface area contributed by atoms with Crippen LogP contribution in [0.15, 0.2) is 17.0 Å². The molecule has 1 aromatic carbocycles. The van der Waals surface area contributed by atoms with Gasteiger partial charge in [0, 0.05) is 18.1 Å². The van der Waals surface area contributed by atoms with Crippen LogP contribution in [0.3, 0.4) is 0 Å². The molecule has 2 N–H and O–H groups in total. The van der Waals surface area contributed by atoms with Crippen LogP contribution in [0.5, 0.6) is 0 Å². The number of benzene rings is 1. The Morgan fingerprint density at radius 3 is 2.52 bits per heavy atom. The van der Waals surface area contributed by atoms with E-state index in [4.69, 9.17) is 33.7 Å². The van der Waals surface area contributed by atoms with Crippen molar-refractivity contribution in [3.8, 4) is 0 Å². The second-order valence-electron chi connectivity index (χ2n) is 5.79. The Kier molecular flexibility index (Phi) is 4.48. The van der Waals surface area contributed by atoms with Crippen LogP contribution >= 0.6 is 23.2 Å². The minimum absolute atomic E-state index is 0.0250. The fraction of sp³-hybridized carbons (Fsp3) is 0.538. The number of nitrogens with zero attached hydrogens (tertiary/aromatic N) is 1. The maximum atomic E-state index is 12.8. The summed E-state index contributed by atoms with van der Waals surface area (Å²) in [4.78, 5) is -0.0986. The maximum absolute atomic E-state index is 12.8. The maximum Gasteiger partial charge on any atom is 0.246 e. The van der Waals surface area contributed by atoms with Gasteiger partial charge in [-0.3, -0.25) is 0 Å². The SMILES string of the molecule is CC1CN(S(=O)(=O)c2c(N)cc(Cl)cc2Cl)CC(C)(C)O1. The van der Waals surface area contributed by atoms with Gasteiger partial charge in [0.2, 0.25) is 10.0 Å². The first-order valence-electron chi connectivity index (χ1n) is 6.45. The molecule has 0 radical (unpaired) electrons. The number of rotatable bonds is 2. The minimum atomic E-state index is -3.81. The lowest BCUT2D eigenvalue weighted by atomic mass is 10.1. The molecule has 0 bridgehead atoms. The number of hydrogen-bond donors (Lipinski definition) is 1. The van der Waals surface area contributed by atoms with E-state index in [0.717, 1.165) is 0 Å². The van der Waals surface area contributed by atoms with Crippen LogP contribution in [0.25, 0.3) is 0 Å². The van der Waals surface area contributed by atoms with Crippen molar-refractivity contribution < 1.29 is 13.2 Å². The number of hydrogen-bond acceptors (Lipinski definition) is 4. The number of nitrogen functional groups attached to an aromatic ring is 1. The highest BCUT2D eigenvalue weighted by atomic mass is 35.5. The number of halogens is 2. The average Bonchev–Trinajstić information content (AvgIpc) is 2.23. The lowest BCUT2D eigenvalue weighted by Gasteiger charge is -2.41. The third-order valence-electron chi connectivity index (χ3n) is 3.17. The zero-order valence-corrected chi connectivity index (χ0v) is 14.4. The minimum Gasteiger partial charge on any atom is -0.398 e. The lowest BCUT2D eigenvalue weighted by Crippen LogP contribution is -2.53. The zero-order chi connectivity index (χ0) is 16.0. The van der Waals surface area contributed by atoms with E-state index in [0.29, 0.717) is 5.02 Å². The second kappa shape index (κ2) is 5.59. The topological polar surface area (TPSA) is 72.6 Å². The number of morpholine rings is 1. The van der Waals surface area contributed by atoms with Crippen LogP contribution in [-0.2, 0) is 14.8 Å². The summed E-state index contributed by atoms with van der Waals surface area (Å²) in [7, 11) is -3.81. The Bertz CT molecular complexity index is 638. The molecule has 1 atom stereocenters. The smallest absolute Gasteiger partial charge is 0.246 e. The Balaban J connectivity index is 2.48. The zero-order valence-electron chi connectivity index (χ0n) is 12.1. The summed E-state index contributed by atoms with van der Waals surface area (Å²) < 4.78 is 32.7. The Hall–Kier alpha value is -0.530. The molecule has 1 fully saturated rings. The summed E-state index contributed by atoms with van der Waals surface area (Å²) in [6.07, 6.45) is -0.212. The highest BCUT2D eigenvalue weighted by molar-refractivity contribution is 7.89. The van der Waals surface area contributed by atoms with Gasteiger partial charge in [0.05, 0.1) is 22.4 Å². The summed E-state index contributed by atoms with van der Waals surface area (Å²) in [6, 6.07) is 2.76.